The summed E-state index contributed by atoms with van der Waals surface area (Å²) in [7, 11) is 0. The van der Waals surface area contributed by atoms with Crippen LogP contribution in [0.1, 0.15) is 5.56 Å². The molecule has 1 aromatic heterocycles. The third kappa shape index (κ3) is 3.96. The quantitative estimate of drug-likeness (QED) is 0.796. The minimum absolute atomic E-state index is 0.625. The molecule has 0 aliphatic rings. The van der Waals surface area contributed by atoms with E-state index < -0.39 is 0 Å². The monoisotopic (exact) mass is 393 g/mol. The van der Waals surface area contributed by atoms with Gasteiger partial charge in [0.05, 0.1) is 0 Å². The van der Waals surface area contributed by atoms with E-state index in [4.69, 9.17) is 23.2 Å². The highest BCUT2D eigenvalue weighted by Gasteiger charge is 2.01. The Morgan fingerprint density at radius 1 is 1.17 bits per heavy atom. The van der Waals surface area contributed by atoms with E-state index in [1.54, 1.807) is 18.5 Å². The van der Waals surface area contributed by atoms with Gasteiger partial charge in [0.2, 0.25) is 5.95 Å². The lowest BCUT2D eigenvalue weighted by Gasteiger charge is -2.06. The molecule has 0 spiro atoms. The first-order chi connectivity index (χ1) is 8.65. The fraction of sp³-hybridized carbons (Fsp3) is 0.167. The van der Waals surface area contributed by atoms with E-state index in [0.29, 0.717) is 16.0 Å². The molecule has 0 saturated heterocycles. The molecule has 18 heavy (non-hydrogen) atoms. The van der Waals surface area contributed by atoms with Crippen LogP contribution in [0.3, 0.4) is 0 Å². The second kappa shape index (κ2) is 6.54. The van der Waals surface area contributed by atoms with E-state index in [0.717, 1.165) is 22.1 Å². The standard InChI is InChI=1S/C12H10Cl2IN3/c13-9-2-1-8(11(14)5-9)3-4-16-12-17-6-10(15)7-18-12/h1-2,5-7H,3-4H2,(H,16,17,18). The summed E-state index contributed by atoms with van der Waals surface area (Å²) in [4.78, 5) is 8.32. The molecule has 0 amide bonds. The number of hydrogen-bond donors (Lipinski definition) is 1. The van der Waals surface area contributed by atoms with E-state index in [1.807, 2.05) is 12.1 Å². The van der Waals surface area contributed by atoms with E-state index >= 15 is 0 Å². The second-order valence-corrected chi connectivity index (χ2v) is 5.73. The molecular weight excluding hydrogens is 384 g/mol. The van der Waals surface area contributed by atoms with Crippen molar-refractivity contribution in [1.29, 1.82) is 0 Å². The first-order valence-electron chi connectivity index (χ1n) is 5.30. The van der Waals surface area contributed by atoms with Gasteiger partial charge in [-0.3, -0.25) is 0 Å². The Hall–Kier alpha value is -0.590. The highest BCUT2D eigenvalue weighted by molar-refractivity contribution is 14.1. The van der Waals surface area contributed by atoms with Gasteiger partial charge in [-0.15, -0.1) is 0 Å². The van der Waals surface area contributed by atoms with Gasteiger partial charge >= 0.3 is 0 Å². The number of anilines is 1. The van der Waals surface area contributed by atoms with Crippen LogP contribution in [0.25, 0.3) is 0 Å². The third-order valence-electron chi connectivity index (χ3n) is 2.31. The number of nitrogens with zero attached hydrogens (tertiary/aromatic N) is 2. The van der Waals surface area contributed by atoms with Gasteiger partial charge in [-0.05, 0) is 46.7 Å². The van der Waals surface area contributed by atoms with Crippen molar-refractivity contribution >= 4 is 51.7 Å². The van der Waals surface area contributed by atoms with Crippen molar-refractivity contribution in [2.75, 3.05) is 11.9 Å². The van der Waals surface area contributed by atoms with Crippen molar-refractivity contribution < 1.29 is 0 Å². The molecule has 6 heteroatoms. The number of halogens is 3. The highest BCUT2D eigenvalue weighted by Crippen LogP contribution is 2.21. The van der Waals surface area contributed by atoms with E-state index in [2.05, 4.69) is 37.9 Å². The molecule has 2 aromatic rings. The zero-order chi connectivity index (χ0) is 13.0. The SMILES string of the molecule is Clc1ccc(CCNc2ncc(I)cn2)c(Cl)c1. The second-order valence-electron chi connectivity index (χ2n) is 3.64. The lowest BCUT2D eigenvalue weighted by molar-refractivity contribution is 0.982. The summed E-state index contributed by atoms with van der Waals surface area (Å²) in [6.07, 6.45) is 4.33. The van der Waals surface area contributed by atoms with Crippen molar-refractivity contribution in [3.05, 3.63) is 49.8 Å². The van der Waals surface area contributed by atoms with Gasteiger partial charge in [-0.1, -0.05) is 29.3 Å². The smallest absolute Gasteiger partial charge is 0.222 e. The first-order valence-corrected chi connectivity index (χ1v) is 7.14. The lowest BCUT2D eigenvalue weighted by Crippen LogP contribution is -2.08. The van der Waals surface area contributed by atoms with Crippen molar-refractivity contribution in [3.63, 3.8) is 0 Å². The summed E-state index contributed by atoms with van der Waals surface area (Å²) in [5, 5.41) is 4.48. The Labute approximate surface area is 129 Å². The Morgan fingerprint density at radius 3 is 2.56 bits per heavy atom. The molecule has 0 saturated carbocycles. The third-order valence-corrected chi connectivity index (χ3v) is 3.46. The molecule has 0 bridgehead atoms. The van der Waals surface area contributed by atoms with Crippen LogP contribution in [0.2, 0.25) is 10.0 Å². The van der Waals surface area contributed by atoms with Crippen LogP contribution in [0.4, 0.5) is 5.95 Å². The topological polar surface area (TPSA) is 37.8 Å². The molecule has 94 valence electrons. The van der Waals surface area contributed by atoms with Crippen molar-refractivity contribution in [3.8, 4) is 0 Å². The van der Waals surface area contributed by atoms with Crippen LogP contribution in [-0.4, -0.2) is 16.5 Å². The van der Waals surface area contributed by atoms with Crippen LogP contribution in [-0.2, 0) is 6.42 Å². The molecule has 3 nitrogen and oxygen atoms in total. The Morgan fingerprint density at radius 2 is 1.89 bits per heavy atom. The number of hydrogen-bond acceptors (Lipinski definition) is 3. The molecule has 0 fully saturated rings. The molecule has 0 aliphatic heterocycles. The van der Waals surface area contributed by atoms with E-state index in [9.17, 15) is 0 Å². The molecule has 1 heterocycles. The van der Waals surface area contributed by atoms with Gasteiger partial charge in [-0.25, -0.2) is 9.97 Å². The molecule has 0 radical (unpaired) electrons. The predicted octanol–water partition coefficient (Wildman–Crippen LogP) is 4.04. The minimum Gasteiger partial charge on any atom is -0.354 e. The minimum atomic E-state index is 0.625. The van der Waals surface area contributed by atoms with Gasteiger partial charge in [0, 0.05) is 32.6 Å². The van der Waals surface area contributed by atoms with Crippen molar-refractivity contribution in [2.45, 2.75) is 6.42 Å². The first kappa shape index (κ1) is 13.8. The van der Waals surface area contributed by atoms with Crippen LogP contribution in [0.15, 0.2) is 30.6 Å². The highest BCUT2D eigenvalue weighted by atomic mass is 127. The average molecular weight is 394 g/mol. The number of rotatable bonds is 4. The molecule has 1 N–H and O–H groups in total. The normalized spacial score (nSPS) is 10.4. The largest absolute Gasteiger partial charge is 0.354 e. The summed E-state index contributed by atoms with van der Waals surface area (Å²) in [6.45, 7) is 0.724. The van der Waals surface area contributed by atoms with Crippen LogP contribution < -0.4 is 5.32 Å². The maximum absolute atomic E-state index is 6.09. The van der Waals surface area contributed by atoms with Gasteiger partial charge in [0.1, 0.15) is 0 Å². The summed E-state index contributed by atoms with van der Waals surface area (Å²) in [5.41, 5.74) is 1.05. The maximum Gasteiger partial charge on any atom is 0.222 e. The Kier molecular flexibility index (Phi) is 5.03. The lowest BCUT2D eigenvalue weighted by atomic mass is 10.1. The summed E-state index contributed by atoms with van der Waals surface area (Å²) >= 11 is 14.1. The number of benzene rings is 1. The summed E-state index contributed by atoms with van der Waals surface area (Å²) in [6, 6.07) is 5.52. The zero-order valence-corrected chi connectivity index (χ0v) is 13.0. The average Bonchev–Trinajstić information content (AvgIpc) is 2.34. The number of aromatic nitrogens is 2. The summed E-state index contributed by atoms with van der Waals surface area (Å²) < 4.78 is 1.01. The van der Waals surface area contributed by atoms with Gasteiger partial charge in [0.15, 0.2) is 0 Å². The van der Waals surface area contributed by atoms with Crippen LogP contribution >= 0.6 is 45.8 Å². The maximum atomic E-state index is 6.09. The summed E-state index contributed by atoms with van der Waals surface area (Å²) in [5.74, 6) is 0.625. The van der Waals surface area contributed by atoms with E-state index in [1.165, 1.54) is 0 Å². The van der Waals surface area contributed by atoms with Crippen molar-refractivity contribution in [1.82, 2.24) is 9.97 Å². The van der Waals surface area contributed by atoms with Gasteiger partial charge in [-0.2, -0.15) is 0 Å². The Bertz CT molecular complexity index is 531. The van der Waals surface area contributed by atoms with Crippen LogP contribution in [0.5, 0.6) is 0 Å². The molecule has 0 unspecified atom stereocenters. The van der Waals surface area contributed by atoms with Gasteiger partial charge < -0.3 is 5.32 Å². The van der Waals surface area contributed by atoms with Crippen LogP contribution in [0, 0.1) is 3.57 Å². The van der Waals surface area contributed by atoms with Crippen molar-refractivity contribution in [2.24, 2.45) is 0 Å². The fourth-order valence-electron chi connectivity index (χ4n) is 1.44. The molecular formula is C12H10Cl2IN3. The molecule has 2 rings (SSSR count). The molecule has 0 aliphatic carbocycles. The van der Waals surface area contributed by atoms with E-state index in [-0.39, 0.29) is 0 Å². The fourth-order valence-corrected chi connectivity index (χ4v) is 2.22. The predicted molar refractivity (Wildman–Crippen MR) is 83.4 cm³/mol. The van der Waals surface area contributed by atoms with Gasteiger partial charge in [0.25, 0.3) is 0 Å². The molecule has 1 aromatic carbocycles. The zero-order valence-electron chi connectivity index (χ0n) is 9.33. The number of nitrogens with one attached hydrogen (secondary N) is 1. The molecule has 0 atom stereocenters. The Balaban J connectivity index is 1.90.